The second-order valence-electron chi connectivity index (χ2n) is 7.12. The van der Waals surface area contributed by atoms with Crippen LogP contribution in [0.1, 0.15) is 38.5 Å². The first-order valence-corrected chi connectivity index (χ1v) is 9.41. The van der Waals surface area contributed by atoms with Gasteiger partial charge < -0.3 is 5.32 Å². The highest BCUT2D eigenvalue weighted by molar-refractivity contribution is 5.99. The third-order valence-corrected chi connectivity index (χ3v) is 5.14. The highest BCUT2D eigenvalue weighted by atomic mass is 16.5. The third kappa shape index (κ3) is 4.89. The lowest BCUT2D eigenvalue weighted by Gasteiger charge is -2.28. The Hall–Kier alpha value is -2.88. The molecular formula is C18H24N6O4. The number of hydrogen-bond acceptors (Lipinski definition) is 7. The summed E-state index contributed by atoms with van der Waals surface area (Å²) in [7, 11) is 0. The van der Waals surface area contributed by atoms with Gasteiger partial charge in [-0.1, -0.05) is 25.7 Å². The van der Waals surface area contributed by atoms with E-state index in [-0.39, 0.29) is 31.1 Å². The predicted octanol–water partition coefficient (Wildman–Crippen LogP) is 1.05. The number of aromatic nitrogens is 2. The first kappa shape index (κ1) is 19.9. The molecule has 0 saturated heterocycles. The van der Waals surface area contributed by atoms with E-state index in [4.69, 9.17) is 0 Å². The summed E-state index contributed by atoms with van der Waals surface area (Å²) in [6, 6.07) is -0.802. The maximum atomic E-state index is 13.1. The molecule has 3 amide bonds. The molecule has 0 bridgehead atoms. The molecule has 0 spiro atoms. The Kier molecular flexibility index (Phi) is 6.64. The van der Waals surface area contributed by atoms with E-state index in [1.54, 1.807) is 0 Å². The number of nitrogens with zero attached hydrogens (tertiary/aromatic N) is 5. The summed E-state index contributed by atoms with van der Waals surface area (Å²) < 4.78 is 0. The van der Waals surface area contributed by atoms with E-state index >= 15 is 0 Å². The summed E-state index contributed by atoms with van der Waals surface area (Å²) in [5, 5.41) is 18.0. The lowest BCUT2D eigenvalue weighted by atomic mass is 9.92. The number of hydrogen-bond donors (Lipinski definition) is 2. The van der Waals surface area contributed by atoms with E-state index in [0.29, 0.717) is 17.4 Å². The van der Waals surface area contributed by atoms with Gasteiger partial charge in [0.25, 0.3) is 5.91 Å². The zero-order valence-electron chi connectivity index (χ0n) is 15.5. The van der Waals surface area contributed by atoms with Gasteiger partial charge in [0, 0.05) is 25.0 Å². The molecule has 3 rings (SSSR count). The van der Waals surface area contributed by atoms with E-state index in [1.165, 1.54) is 24.8 Å². The zero-order valence-corrected chi connectivity index (χ0v) is 15.5. The molecule has 150 valence electrons. The molecule has 0 aromatic carbocycles. The van der Waals surface area contributed by atoms with Crippen molar-refractivity contribution in [2.24, 2.45) is 16.9 Å². The van der Waals surface area contributed by atoms with Crippen LogP contribution in [0.5, 0.6) is 0 Å². The van der Waals surface area contributed by atoms with Crippen molar-refractivity contribution in [2.45, 2.75) is 44.6 Å². The van der Waals surface area contributed by atoms with Crippen LogP contribution in [-0.4, -0.2) is 62.3 Å². The summed E-state index contributed by atoms with van der Waals surface area (Å²) >= 11 is 0. The molecule has 1 saturated carbocycles. The van der Waals surface area contributed by atoms with Gasteiger partial charge in [0.1, 0.15) is 6.04 Å². The monoisotopic (exact) mass is 388 g/mol. The van der Waals surface area contributed by atoms with Crippen LogP contribution in [0.25, 0.3) is 0 Å². The lowest BCUT2D eigenvalue weighted by molar-refractivity contribution is -0.158. The summed E-state index contributed by atoms with van der Waals surface area (Å²) in [5.74, 6) is -0.757. The second-order valence-corrected chi connectivity index (χ2v) is 7.12. The first-order chi connectivity index (χ1) is 13.6. The van der Waals surface area contributed by atoms with E-state index in [2.05, 4.69) is 20.4 Å². The molecule has 10 nitrogen and oxygen atoms in total. The highest BCUT2D eigenvalue weighted by Gasteiger charge is 2.38. The molecule has 2 aliphatic rings. The maximum absolute atomic E-state index is 13.1. The summed E-state index contributed by atoms with van der Waals surface area (Å²) in [4.78, 5) is 44.4. The van der Waals surface area contributed by atoms with Gasteiger partial charge >= 0.3 is 0 Å². The standard InChI is InChI=1S/C18H24N6O4/c25-12-23(28)11-14(9-13-3-1-2-4-13)18(27)24-15(5-6-21-24)17(26)22-16-10-19-7-8-20-16/h6-8,10,12-15,28H,1-5,9,11H2,(H,20,22,26). The average Bonchev–Trinajstić information content (AvgIpc) is 3.39. The second kappa shape index (κ2) is 9.36. The van der Waals surface area contributed by atoms with Crippen molar-refractivity contribution in [3.63, 3.8) is 0 Å². The molecule has 1 aromatic heterocycles. The van der Waals surface area contributed by atoms with Gasteiger partial charge in [-0.2, -0.15) is 5.10 Å². The molecule has 0 radical (unpaired) electrons. The Labute approximate surface area is 162 Å². The fourth-order valence-corrected chi connectivity index (χ4v) is 3.77. The highest BCUT2D eigenvalue weighted by Crippen LogP contribution is 2.32. The number of hydrazone groups is 1. The lowest BCUT2D eigenvalue weighted by Crippen LogP contribution is -2.46. The van der Waals surface area contributed by atoms with Crippen molar-refractivity contribution in [1.82, 2.24) is 20.0 Å². The Morgan fingerprint density at radius 2 is 2.14 bits per heavy atom. The molecule has 2 atom stereocenters. The van der Waals surface area contributed by atoms with Gasteiger partial charge in [0.15, 0.2) is 5.82 Å². The minimum atomic E-state index is -0.802. The van der Waals surface area contributed by atoms with Crippen LogP contribution in [0.2, 0.25) is 0 Å². The predicted molar refractivity (Wildman–Crippen MR) is 99.0 cm³/mol. The molecule has 1 aliphatic carbocycles. The van der Waals surface area contributed by atoms with Crippen LogP contribution in [0.4, 0.5) is 5.82 Å². The molecule has 2 heterocycles. The molecule has 1 aromatic rings. The van der Waals surface area contributed by atoms with Crippen LogP contribution >= 0.6 is 0 Å². The maximum Gasteiger partial charge on any atom is 0.250 e. The van der Waals surface area contributed by atoms with Gasteiger partial charge in [-0.25, -0.2) is 15.1 Å². The SMILES string of the molecule is O=CN(O)CC(CC1CCCC1)C(=O)N1N=CCC1C(=O)Nc1cnccn1. The van der Waals surface area contributed by atoms with E-state index < -0.39 is 17.9 Å². The van der Waals surface area contributed by atoms with Crippen LogP contribution in [0.15, 0.2) is 23.7 Å². The minimum absolute atomic E-state index is 0.122. The molecular weight excluding hydrogens is 364 g/mol. The van der Waals surface area contributed by atoms with Crippen LogP contribution in [0.3, 0.4) is 0 Å². The number of carbonyl (C=O) groups is 3. The van der Waals surface area contributed by atoms with Crippen molar-refractivity contribution in [3.8, 4) is 0 Å². The van der Waals surface area contributed by atoms with Gasteiger partial charge in [-0.3, -0.25) is 24.6 Å². The molecule has 1 aliphatic heterocycles. The molecule has 2 unspecified atom stereocenters. The van der Waals surface area contributed by atoms with Crippen molar-refractivity contribution < 1.29 is 19.6 Å². The number of anilines is 1. The molecule has 1 fully saturated rings. The fraction of sp³-hybridized carbons (Fsp3) is 0.556. The van der Waals surface area contributed by atoms with Crippen molar-refractivity contribution >= 4 is 30.3 Å². The number of carbonyl (C=O) groups excluding carboxylic acids is 3. The van der Waals surface area contributed by atoms with Gasteiger partial charge in [0.2, 0.25) is 12.3 Å². The summed E-state index contributed by atoms with van der Waals surface area (Å²) in [6.07, 6.45) is 11.3. The number of rotatable bonds is 8. The van der Waals surface area contributed by atoms with E-state index in [1.807, 2.05) is 0 Å². The van der Waals surface area contributed by atoms with E-state index in [0.717, 1.165) is 30.7 Å². The van der Waals surface area contributed by atoms with Crippen molar-refractivity contribution in [3.05, 3.63) is 18.6 Å². The van der Waals surface area contributed by atoms with Crippen molar-refractivity contribution in [2.75, 3.05) is 11.9 Å². The van der Waals surface area contributed by atoms with Gasteiger partial charge in [0.05, 0.1) is 18.7 Å². The minimum Gasteiger partial charge on any atom is -0.308 e. The first-order valence-electron chi connectivity index (χ1n) is 9.41. The normalized spacial score (nSPS) is 20.2. The van der Waals surface area contributed by atoms with Gasteiger partial charge in [-0.15, -0.1) is 0 Å². The van der Waals surface area contributed by atoms with E-state index in [9.17, 15) is 19.6 Å². The van der Waals surface area contributed by atoms with Crippen LogP contribution in [-0.2, 0) is 14.4 Å². The average molecular weight is 388 g/mol. The largest absolute Gasteiger partial charge is 0.308 e. The third-order valence-electron chi connectivity index (χ3n) is 5.14. The molecule has 10 heteroatoms. The topological polar surface area (TPSA) is 128 Å². The molecule has 28 heavy (non-hydrogen) atoms. The number of amides is 3. The number of nitrogens with one attached hydrogen (secondary N) is 1. The fourth-order valence-electron chi connectivity index (χ4n) is 3.77. The summed E-state index contributed by atoms with van der Waals surface area (Å²) in [5.41, 5.74) is 0. The quantitative estimate of drug-likeness (QED) is 0.389. The van der Waals surface area contributed by atoms with Crippen LogP contribution in [0, 0.1) is 11.8 Å². The summed E-state index contributed by atoms with van der Waals surface area (Å²) in [6.45, 7) is -0.122. The van der Waals surface area contributed by atoms with Gasteiger partial charge in [-0.05, 0) is 12.3 Å². The Morgan fingerprint density at radius 3 is 2.82 bits per heavy atom. The van der Waals surface area contributed by atoms with Crippen molar-refractivity contribution in [1.29, 1.82) is 0 Å². The van der Waals surface area contributed by atoms with Crippen LogP contribution < -0.4 is 5.32 Å². The smallest absolute Gasteiger partial charge is 0.250 e. The number of hydroxylamine groups is 2. The molecule has 2 N–H and O–H groups in total. The Bertz CT molecular complexity index is 722. The zero-order chi connectivity index (χ0) is 19.9. The Morgan fingerprint density at radius 1 is 1.36 bits per heavy atom. The Balaban J connectivity index is 1.69.